The van der Waals surface area contributed by atoms with Gasteiger partial charge in [-0.2, -0.15) is 0 Å². The van der Waals surface area contributed by atoms with Crippen molar-refractivity contribution in [1.82, 2.24) is 10.2 Å². The van der Waals surface area contributed by atoms with Crippen LogP contribution in [-0.2, 0) is 9.53 Å². The number of piperidine rings is 1. The first-order valence-corrected chi connectivity index (χ1v) is 8.41. The maximum absolute atomic E-state index is 11.6. The van der Waals surface area contributed by atoms with Gasteiger partial charge in [-0.25, -0.2) is 0 Å². The first-order valence-electron chi connectivity index (χ1n) is 8.41. The molecule has 0 aromatic heterocycles. The Morgan fingerprint density at radius 3 is 2.35 bits per heavy atom. The zero-order valence-corrected chi connectivity index (χ0v) is 17.7. The monoisotopic (exact) mass is 439 g/mol. The third-order valence-corrected chi connectivity index (χ3v) is 4.18. The molecule has 1 heterocycles. The fraction of sp³-hybridized carbons (Fsp3) is 0.882. The number of aliphatic imine (C=N–C) groups is 1. The van der Waals surface area contributed by atoms with Gasteiger partial charge in [0.25, 0.3) is 0 Å². The molecule has 0 aliphatic carbocycles. The van der Waals surface area contributed by atoms with Crippen molar-refractivity contribution >= 4 is 35.9 Å². The summed E-state index contributed by atoms with van der Waals surface area (Å²) < 4.78 is 4.83. The number of rotatable bonds is 5. The maximum Gasteiger partial charge on any atom is 0.308 e. The Morgan fingerprint density at radius 2 is 1.87 bits per heavy atom. The standard InChI is InChI=1S/C17H33N3O2.HI/c1-17(2,3)10-6-7-11-19-16(18-4)20-12-8-14(9-13-20)15(21)22-5;/h14H,6-13H2,1-5H3,(H,18,19);1H. The molecule has 1 aliphatic heterocycles. The van der Waals surface area contributed by atoms with Gasteiger partial charge in [0.15, 0.2) is 5.96 Å². The van der Waals surface area contributed by atoms with Crippen LogP contribution in [0, 0.1) is 11.3 Å². The molecule has 0 spiro atoms. The molecule has 1 rings (SSSR count). The zero-order chi connectivity index (χ0) is 16.6. The predicted molar refractivity (Wildman–Crippen MR) is 106 cm³/mol. The molecule has 0 saturated carbocycles. The molecule has 0 bridgehead atoms. The van der Waals surface area contributed by atoms with Crippen molar-refractivity contribution in [1.29, 1.82) is 0 Å². The van der Waals surface area contributed by atoms with Gasteiger partial charge in [-0.1, -0.05) is 27.2 Å². The lowest BCUT2D eigenvalue weighted by Crippen LogP contribution is -2.46. The zero-order valence-electron chi connectivity index (χ0n) is 15.4. The Balaban J connectivity index is 0.00000484. The molecule has 1 aliphatic rings. The molecule has 0 radical (unpaired) electrons. The average molecular weight is 439 g/mol. The molecule has 1 fully saturated rings. The lowest BCUT2D eigenvalue weighted by Gasteiger charge is -2.33. The largest absolute Gasteiger partial charge is 0.469 e. The van der Waals surface area contributed by atoms with E-state index in [1.807, 2.05) is 7.05 Å². The summed E-state index contributed by atoms with van der Waals surface area (Å²) in [6, 6.07) is 0. The van der Waals surface area contributed by atoms with Gasteiger partial charge in [-0.15, -0.1) is 24.0 Å². The van der Waals surface area contributed by atoms with Crippen LogP contribution in [0.15, 0.2) is 4.99 Å². The van der Waals surface area contributed by atoms with Crippen molar-refractivity contribution < 1.29 is 9.53 Å². The minimum absolute atomic E-state index is 0. The molecule has 0 atom stereocenters. The number of ether oxygens (including phenoxy) is 1. The minimum atomic E-state index is -0.0789. The molecule has 1 N–H and O–H groups in total. The van der Waals surface area contributed by atoms with Crippen molar-refractivity contribution in [2.45, 2.75) is 52.9 Å². The minimum Gasteiger partial charge on any atom is -0.469 e. The first-order chi connectivity index (χ1) is 10.4. The number of esters is 1. The Bertz CT molecular complexity index is 373. The van der Waals surface area contributed by atoms with Crippen molar-refractivity contribution in [3.8, 4) is 0 Å². The summed E-state index contributed by atoms with van der Waals surface area (Å²) in [6.07, 6.45) is 5.33. The van der Waals surface area contributed by atoms with Gasteiger partial charge in [0.1, 0.15) is 0 Å². The molecular weight excluding hydrogens is 405 g/mol. The number of methoxy groups -OCH3 is 1. The van der Waals surface area contributed by atoms with Crippen LogP contribution in [0.2, 0.25) is 0 Å². The fourth-order valence-corrected chi connectivity index (χ4v) is 2.81. The van der Waals surface area contributed by atoms with Gasteiger partial charge in [-0.05, 0) is 31.1 Å². The highest BCUT2D eigenvalue weighted by Gasteiger charge is 2.26. The Hall–Kier alpha value is -0.530. The van der Waals surface area contributed by atoms with E-state index < -0.39 is 0 Å². The van der Waals surface area contributed by atoms with Crippen LogP contribution >= 0.6 is 24.0 Å². The Kier molecular flexibility index (Phi) is 10.8. The van der Waals surface area contributed by atoms with E-state index in [1.54, 1.807) is 0 Å². The maximum atomic E-state index is 11.6. The predicted octanol–water partition coefficient (Wildman–Crippen LogP) is 3.28. The highest BCUT2D eigenvalue weighted by Crippen LogP contribution is 2.21. The number of hydrogen-bond donors (Lipinski definition) is 1. The topological polar surface area (TPSA) is 53.9 Å². The van der Waals surface area contributed by atoms with Crippen LogP contribution in [-0.4, -0.2) is 50.6 Å². The highest BCUT2D eigenvalue weighted by molar-refractivity contribution is 14.0. The molecule has 0 unspecified atom stereocenters. The van der Waals surface area contributed by atoms with E-state index in [1.165, 1.54) is 20.0 Å². The van der Waals surface area contributed by atoms with Crippen LogP contribution in [0.1, 0.15) is 52.9 Å². The summed E-state index contributed by atoms with van der Waals surface area (Å²) in [5.74, 6) is 0.926. The normalized spacial score (nSPS) is 16.7. The van der Waals surface area contributed by atoms with E-state index in [2.05, 4.69) is 36.0 Å². The second-order valence-electron chi connectivity index (χ2n) is 7.28. The van der Waals surface area contributed by atoms with Gasteiger partial charge in [0.05, 0.1) is 13.0 Å². The van der Waals surface area contributed by atoms with E-state index in [4.69, 9.17) is 4.74 Å². The van der Waals surface area contributed by atoms with Crippen LogP contribution < -0.4 is 5.32 Å². The molecule has 0 amide bonds. The second-order valence-corrected chi connectivity index (χ2v) is 7.28. The number of nitrogens with zero attached hydrogens (tertiary/aromatic N) is 2. The summed E-state index contributed by atoms with van der Waals surface area (Å²) in [6.45, 7) is 9.53. The number of guanidine groups is 1. The Labute approximate surface area is 158 Å². The quantitative estimate of drug-likeness (QED) is 0.235. The summed E-state index contributed by atoms with van der Waals surface area (Å²) in [5.41, 5.74) is 0.414. The number of carbonyl (C=O) groups is 1. The number of nitrogens with one attached hydrogen (secondary N) is 1. The van der Waals surface area contributed by atoms with Gasteiger partial charge in [-0.3, -0.25) is 9.79 Å². The summed E-state index contributed by atoms with van der Waals surface area (Å²) in [7, 11) is 3.29. The van der Waals surface area contributed by atoms with Crippen molar-refractivity contribution in [3.05, 3.63) is 0 Å². The molecular formula is C17H34IN3O2. The average Bonchev–Trinajstić information content (AvgIpc) is 2.49. The number of hydrogen-bond acceptors (Lipinski definition) is 3. The number of halogens is 1. The Morgan fingerprint density at radius 1 is 1.26 bits per heavy atom. The van der Waals surface area contributed by atoms with Crippen LogP contribution in [0.25, 0.3) is 0 Å². The third kappa shape index (κ3) is 8.77. The lowest BCUT2D eigenvalue weighted by molar-refractivity contribution is -0.146. The summed E-state index contributed by atoms with van der Waals surface area (Å²) in [5, 5.41) is 3.44. The van der Waals surface area contributed by atoms with E-state index >= 15 is 0 Å². The molecule has 0 aromatic carbocycles. The summed E-state index contributed by atoms with van der Waals surface area (Å²) in [4.78, 5) is 18.2. The van der Waals surface area contributed by atoms with E-state index in [-0.39, 0.29) is 35.9 Å². The van der Waals surface area contributed by atoms with Crippen molar-refractivity contribution in [2.75, 3.05) is 33.8 Å². The number of likely N-dealkylation sites (tertiary alicyclic amines) is 1. The number of unbranched alkanes of at least 4 members (excludes halogenated alkanes) is 1. The van der Waals surface area contributed by atoms with E-state index in [0.29, 0.717) is 5.41 Å². The van der Waals surface area contributed by atoms with Crippen LogP contribution in [0.4, 0.5) is 0 Å². The van der Waals surface area contributed by atoms with Gasteiger partial charge in [0, 0.05) is 26.7 Å². The van der Waals surface area contributed by atoms with Crippen molar-refractivity contribution in [2.24, 2.45) is 16.3 Å². The van der Waals surface area contributed by atoms with E-state index in [0.717, 1.165) is 44.9 Å². The van der Waals surface area contributed by atoms with E-state index in [9.17, 15) is 4.79 Å². The SMILES string of the molecule is CN=C(NCCCCC(C)(C)C)N1CCC(C(=O)OC)CC1.I. The highest BCUT2D eigenvalue weighted by atomic mass is 127. The molecule has 6 heteroatoms. The van der Waals surface area contributed by atoms with Crippen LogP contribution in [0.5, 0.6) is 0 Å². The molecule has 5 nitrogen and oxygen atoms in total. The van der Waals surface area contributed by atoms with Gasteiger partial charge in [0.2, 0.25) is 0 Å². The second kappa shape index (κ2) is 11.1. The van der Waals surface area contributed by atoms with Crippen LogP contribution in [0.3, 0.4) is 0 Å². The smallest absolute Gasteiger partial charge is 0.308 e. The molecule has 23 heavy (non-hydrogen) atoms. The lowest BCUT2D eigenvalue weighted by atomic mass is 9.90. The molecule has 0 aromatic rings. The number of carbonyl (C=O) groups excluding carboxylic acids is 1. The third-order valence-electron chi connectivity index (χ3n) is 4.18. The van der Waals surface area contributed by atoms with Crippen molar-refractivity contribution in [3.63, 3.8) is 0 Å². The molecule has 1 saturated heterocycles. The first kappa shape index (κ1) is 22.5. The summed E-state index contributed by atoms with van der Waals surface area (Å²) >= 11 is 0. The van der Waals surface area contributed by atoms with Gasteiger partial charge < -0.3 is 15.0 Å². The van der Waals surface area contributed by atoms with Gasteiger partial charge >= 0.3 is 5.97 Å². The fourth-order valence-electron chi connectivity index (χ4n) is 2.81. The molecule has 136 valence electrons.